The number of hydrogen-bond donors (Lipinski definition) is 2. The lowest BCUT2D eigenvalue weighted by molar-refractivity contribution is 0.283. The van der Waals surface area contributed by atoms with Gasteiger partial charge >= 0.3 is 0 Å². The van der Waals surface area contributed by atoms with E-state index < -0.39 is 0 Å². The monoisotopic (exact) mass is 349 g/mol. The second kappa shape index (κ2) is 9.37. The summed E-state index contributed by atoms with van der Waals surface area (Å²) in [4.78, 5) is 0. The highest BCUT2D eigenvalue weighted by Crippen LogP contribution is 2.29. The third-order valence-electron chi connectivity index (χ3n) is 4.71. The molecule has 0 saturated heterocycles. The van der Waals surface area contributed by atoms with Crippen LogP contribution in [0.5, 0.6) is 5.75 Å². The van der Waals surface area contributed by atoms with Crippen LogP contribution in [0.2, 0.25) is 0 Å². The highest BCUT2D eigenvalue weighted by atomic mass is 16.5. The van der Waals surface area contributed by atoms with Crippen molar-refractivity contribution in [3.63, 3.8) is 0 Å². The zero-order valence-corrected chi connectivity index (χ0v) is 15.4. The Morgan fingerprint density at radius 3 is 2.58 bits per heavy atom. The van der Waals surface area contributed by atoms with E-state index in [-0.39, 0.29) is 6.61 Å². The Morgan fingerprint density at radius 1 is 0.923 bits per heavy atom. The summed E-state index contributed by atoms with van der Waals surface area (Å²) in [7, 11) is 0. The van der Waals surface area contributed by atoms with Gasteiger partial charge in [-0.2, -0.15) is 0 Å². The van der Waals surface area contributed by atoms with Crippen LogP contribution < -0.4 is 10.1 Å². The zero-order chi connectivity index (χ0) is 18.2. The normalized spacial score (nSPS) is 11.0. The van der Waals surface area contributed by atoms with Crippen LogP contribution in [0.4, 0.5) is 0 Å². The van der Waals surface area contributed by atoms with Gasteiger partial charge in [0.1, 0.15) is 12.4 Å². The summed E-state index contributed by atoms with van der Waals surface area (Å²) in [5.41, 5.74) is 3.65. The highest BCUT2D eigenvalue weighted by Gasteiger charge is 2.09. The van der Waals surface area contributed by atoms with E-state index in [9.17, 15) is 0 Å². The molecule has 0 bridgehead atoms. The van der Waals surface area contributed by atoms with Crippen molar-refractivity contribution in [2.24, 2.45) is 0 Å². The van der Waals surface area contributed by atoms with Crippen LogP contribution in [-0.4, -0.2) is 18.3 Å². The zero-order valence-electron chi connectivity index (χ0n) is 15.4. The molecule has 0 aliphatic carbocycles. The predicted molar refractivity (Wildman–Crippen MR) is 107 cm³/mol. The van der Waals surface area contributed by atoms with Gasteiger partial charge in [-0.25, -0.2) is 0 Å². The number of rotatable bonds is 9. The van der Waals surface area contributed by atoms with Gasteiger partial charge in [0, 0.05) is 18.7 Å². The number of ether oxygens (including phenoxy) is 1. The van der Waals surface area contributed by atoms with E-state index in [4.69, 9.17) is 9.84 Å². The standard InChI is InChI=1S/C23H27NO2/c1-18-8-2-3-10-20(18)17-26-23-13-12-19-9-4-5-11-21(19)22(23)16-24-14-6-7-15-25/h2-5,8-13,24-25H,6-7,14-17H2,1H3. The first-order valence-corrected chi connectivity index (χ1v) is 9.29. The number of benzene rings is 3. The molecule has 0 amide bonds. The van der Waals surface area contributed by atoms with Crippen molar-refractivity contribution in [2.75, 3.05) is 13.2 Å². The van der Waals surface area contributed by atoms with E-state index in [0.29, 0.717) is 6.61 Å². The largest absolute Gasteiger partial charge is 0.489 e. The van der Waals surface area contributed by atoms with Crippen LogP contribution in [0.25, 0.3) is 10.8 Å². The fraction of sp³-hybridized carbons (Fsp3) is 0.304. The fourth-order valence-electron chi connectivity index (χ4n) is 3.14. The van der Waals surface area contributed by atoms with Crippen molar-refractivity contribution in [3.05, 3.63) is 77.4 Å². The van der Waals surface area contributed by atoms with Crippen molar-refractivity contribution >= 4 is 10.8 Å². The molecule has 0 atom stereocenters. The summed E-state index contributed by atoms with van der Waals surface area (Å²) in [5, 5.41) is 14.9. The summed E-state index contributed by atoms with van der Waals surface area (Å²) in [6, 6.07) is 21.0. The van der Waals surface area contributed by atoms with Crippen LogP contribution in [-0.2, 0) is 13.2 Å². The molecule has 3 nitrogen and oxygen atoms in total. The molecule has 3 rings (SSSR count). The summed E-state index contributed by atoms with van der Waals surface area (Å²) in [6.45, 7) is 4.59. The van der Waals surface area contributed by atoms with E-state index in [1.807, 2.05) is 0 Å². The molecule has 0 saturated carbocycles. The van der Waals surface area contributed by atoms with Crippen LogP contribution in [0, 0.1) is 6.92 Å². The van der Waals surface area contributed by atoms with E-state index in [1.54, 1.807) is 0 Å². The Kier molecular flexibility index (Phi) is 6.64. The number of nitrogens with one attached hydrogen (secondary N) is 1. The topological polar surface area (TPSA) is 41.5 Å². The molecule has 136 valence electrons. The second-order valence-corrected chi connectivity index (χ2v) is 6.59. The summed E-state index contributed by atoms with van der Waals surface area (Å²) >= 11 is 0. The van der Waals surface area contributed by atoms with Crippen molar-refractivity contribution in [1.82, 2.24) is 5.32 Å². The number of aryl methyl sites for hydroxylation is 1. The van der Waals surface area contributed by atoms with Gasteiger partial charge in [-0.15, -0.1) is 0 Å². The molecule has 0 aromatic heterocycles. The average molecular weight is 349 g/mol. The molecular formula is C23H27NO2. The van der Waals surface area contributed by atoms with E-state index in [0.717, 1.165) is 31.7 Å². The molecule has 3 aromatic carbocycles. The SMILES string of the molecule is Cc1ccccc1COc1ccc2ccccc2c1CNCCCCO. The minimum absolute atomic E-state index is 0.251. The van der Waals surface area contributed by atoms with Crippen molar-refractivity contribution in [1.29, 1.82) is 0 Å². The maximum absolute atomic E-state index is 8.92. The van der Waals surface area contributed by atoms with Gasteiger partial charge in [0.05, 0.1) is 0 Å². The molecule has 0 heterocycles. The number of aliphatic hydroxyl groups excluding tert-OH is 1. The van der Waals surface area contributed by atoms with Crippen LogP contribution in [0.1, 0.15) is 29.5 Å². The Hall–Kier alpha value is -2.36. The second-order valence-electron chi connectivity index (χ2n) is 6.59. The maximum atomic E-state index is 8.92. The molecule has 0 unspecified atom stereocenters. The van der Waals surface area contributed by atoms with Gasteiger partial charge in [-0.05, 0) is 54.3 Å². The maximum Gasteiger partial charge on any atom is 0.124 e. The van der Waals surface area contributed by atoms with E-state index in [2.05, 4.69) is 72.9 Å². The highest BCUT2D eigenvalue weighted by molar-refractivity contribution is 5.87. The third kappa shape index (κ3) is 4.63. The van der Waals surface area contributed by atoms with Gasteiger partial charge in [-0.3, -0.25) is 0 Å². The molecule has 0 spiro atoms. The first-order chi connectivity index (χ1) is 12.8. The van der Waals surface area contributed by atoms with Crippen molar-refractivity contribution in [3.8, 4) is 5.75 Å². The van der Waals surface area contributed by atoms with Crippen LogP contribution in [0.15, 0.2) is 60.7 Å². The van der Waals surface area contributed by atoms with Gasteiger partial charge in [0.25, 0.3) is 0 Å². The lowest BCUT2D eigenvalue weighted by Gasteiger charge is -2.16. The van der Waals surface area contributed by atoms with Crippen LogP contribution >= 0.6 is 0 Å². The Bertz CT molecular complexity index is 844. The van der Waals surface area contributed by atoms with Crippen molar-refractivity contribution in [2.45, 2.75) is 32.9 Å². The summed E-state index contributed by atoms with van der Waals surface area (Å²) < 4.78 is 6.21. The van der Waals surface area contributed by atoms with Gasteiger partial charge in [0.2, 0.25) is 0 Å². The Morgan fingerprint density at radius 2 is 1.73 bits per heavy atom. The van der Waals surface area contributed by atoms with Gasteiger partial charge in [0.15, 0.2) is 0 Å². The average Bonchev–Trinajstić information content (AvgIpc) is 2.68. The van der Waals surface area contributed by atoms with Gasteiger partial charge in [-0.1, -0.05) is 54.6 Å². The lowest BCUT2D eigenvalue weighted by Crippen LogP contribution is -2.16. The predicted octanol–water partition coefficient (Wildman–Crippen LogP) is 4.59. The quantitative estimate of drug-likeness (QED) is 0.555. The lowest BCUT2D eigenvalue weighted by atomic mass is 10.0. The molecule has 3 aromatic rings. The molecule has 0 aliphatic rings. The molecular weight excluding hydrogens is 322 g/mol. The smallest absolute Gasteiger partial charge is 0.124 e. The molecule has 0 aliphatic heterocycles. The first kappa shape index (κ1) is 18.4. The van der Waals surface area contributed by atoms with Gasteiger partial charge < -0.3 is 15.2 Å². The minimum Gasteiger partial charge on any atom is -0.489 e. The fourth-order valence-corrected chi connectivity index (χ4v) is 3.14. The molecule has 0 radical (unpaired) electrons. The number of hydrogen-bond acceptors (Lipinski definition) is 3. The first-order valence-electron chi connectivity index (χ1n) is 9.29. The van der Waals surface area contributed by atoms with E-state index >= 15 is 0 Å². The molecule has 2 N–H and O–H groups in total. The number of fused-ring (bicyclic) bond motifs is 1. The Labute approximate surface area is 155 Å². The summed E-state index contributed by atoms with van der Waals surface area (Å²) in [6.07, 6.45) is 1.81. The third-order valence-corrected chi connectivity index (χ3v) is 4.71. The Balaban J connectivity index is 1.79. The molecule has 0 fully saturated rings. The van der Waals surface area contributed by atoms with Crippen molar-refractivity contribution < 1.29 is 9.84 Å². The number of unbranched alkanes of at least 4 members (excludes halogenated alkanes) is 1. The summed E-state index contributed by atoms with van der Waals surface area (Å²) in [5.74, 6) is 0.932. The number of aliphatic hydroxyl groups is 1. The molecule has 26 heavy (non-hydrogen) atoms. The van der Waals surface area contributed by atoms with Crippen LogP contribution in [0.3, 0.4) is 0 Å². The molecule has 3 heteroatoms. The van der Waals surface area contributed by atoms with E-state index in [1.165, 1.54) is 27.5 Å². The minimum atomic E-state index is 0.251.